The minimum Gasteiger partial charge on any atom is -0.494 e. The van der Waals surface area contributed by atoms with E-state index >= 15 is 0 Å². The molecule has 22 heavy (non-hydrogen) atoms. The second kappa shape index (κ2) is 8.17. The first kappa shape index (κ1) is 16.0. The molecule has 0 radical (unpaired) electrons. The number of hydrogen-bond acceptors (Lipinski definition) is 4. The van der Waals surface area contributed by atoms with Crippen LogP contribution in [0.3, 0.4) is 0 Å². The summed E-state index contributed by atoms with van der Waals surface area (Å²) >= 11 is 0. The Morgan fingerprint density at radius 2 is 1.50 bits per heavy atom. The van der Waals surface area contributed by atoms with Gasteiger partial charge in [0.2, 0.25) is 0 Å². The molecule has 0 aliphatic heterocycles. The maximum absolute atomic E-state index is 5.85. The Labute approximate surface area is 131 Å². The average molecular weight is 301 g/mol. The van der Waals surface area contributed by atoms with Crippen LogP contribution in [0.2, 0.25) is 0 Å². The van der Waals surface area contributed by atoms with Crippen LogP contribution in [0.25, 0.3) is 0 Å². The lowest BCUT2D eigenvalue weighted by Crippen LogP contribution is -2.06. The van der Waals surface area contributed by atoms with Crippen molar-refractivity contribution in [2.75, 3.05) is 25.6 Å². The van der Waals surface area contributed by atoms with Crippen molar-refractivity contribution in [1.29, 1.82) is 0 Å². The molecular weight excluding hydrogens is 278 g/mol. The van der Waals surface area contributed by atoms with Crippen molar-refractivity contribution in [3.05, 3.63) is 48.0 Å². The fraction of sp³-hybridized carbons (Fsp3) is 0.333. The van der Waals surface area contributed by atoms with Gasteiger partial charge in [0.1, 0.15) is 17.2 Å². The van der Waals surface area contributed by atoms with E-state index in [0.29, 0.717) is 19.8 Å². The van der Waals surface area contributed by atoms with Gasteiger partial charge in [-0.15, -0.1) is 0 Å². The van der Waals surface area contributed by atoms with E-state index in [4.69, 9.17) is 19.9 Å². The first-order valence-corrected chi connectivity index (χ1v) is 7.54. The first-order chi connectivity index (χ1) is 10.7. The molecule has 2 rings (SSSR count). The van der Waals surface area contributed by atoms with Gasteiger partial charge >= 0.3 is 0 Å². The highest BCUT2D eigenvalue weighted by atomic mass is 16.5. The molecule has 118 valence electrons. The average Bonchev–Trinajstić information content (AvgIpc) is 2.53. The maximum atomic E-state index is 5.85. The predicted molar refractivity (Wildman–Crippen MR) is 88.8 cm³/mol. The van der Waals surface area contributed by atoms with Crippen LogP contribution in [0.1, 0.15) is 18.9 Å². The number of nitrogen functional groups attached to an aromatic ring is 1. The highest BCUT2D eigenvalue weighted by Gasteiger charge is 2.02. The Kier molecular flexibility index (Phi) is 5.95. The van der Waals surface area contributed by atoms with E-state index in [1.165, 1.54) is 0 Å². The van der Waals surface area contributed by atoms with Gasteiger partial charge in [0.15, 0.2) is 0 Å². The number of ether oxygens (including phenoxy) is 3. The molecule has 4 nitrogen and oxygen atoms in total. The van der Waals surface area contributed by atoms with Crippen LogP contribution in [-0.2, 0) is 0 Å². The summed E-state index contributed by atoms with van der Waals surface area (Å²) in [6.07, 6.45) is 0.807. The smallest absolute Gasteiger partial charge is 0.124 e. The normalized spacial score (nSPS) is 10.3. The van der Waals surface area contributed by atoms with Gasteiger partial charge < -0.3 is 19.9 Å². The molecule has 2 aromatic carbocycles. The summed E-state index contributed by atoms with van der Waals surface area (Å²) in [6, 6.07) is 13.3. The summed E-state index contributed by atoms with van der Waals surface area (Å²) in [5, 5.41) is 0. The van der Waals surface area contributed by atoms with Crippen molar-refractivity contribution >= 4 is 5.69 Å². The highest BCUT2D eigenvalue weighted by molar-refractivity contribution is 5.53. The van der Waals surface area contributed by atoms with E-state index < -0.39 is 0 Å². The van der Waals surface area contributed by atoms with Crippen molar-refractivity contribution in [1.82, 2.24) is 0 Å². The van der Waals surface area contributed by atoms with E-state index in [-0.39, 0.29) is 0 Å². The third-order valence-corrected chi connectivity index (χ3v) is 3.28. The molecule has 2 N–H and O–H groups in total. The molecule has 0 spiro atoms. The molecule has 0 aliphatic rings. The van der Waals surface area contributed by atoms with E-state index in [1.807, 2.05) is 56.3 Å². The fourth-order valence-corrected chi connectivity index (χ4v) is 2.02. The van der Waals surface area contributed by atoms with Crippen molar-refractivity contribution < 1.29 is 14.2 Å². The van der Waals surface area contributed by atoms with Crippen molar-refractivity contribution in [3.63, 3.8) is 0 Å². The Morgan fingerprint density at radius 1 is 0.864 bits per heavy atom. The lowest BCUT2D eigenvalue weighted by atomic mass is 10.2. The molecule has 0 atom stereocenters. The summed E-state index contributed by atoms with van der Waals surface area (Å²) in [4.78, 5) is 0. The van der Waals surface area contributed by atoms with E-state index in [9.17, 15) is 0 Å². The molecule has 0 saturated carbocycles. The third-order valence-electron chi connectivity index (χ3n) is 3.28. The van der Waals surface area contributed by atoms with E-state index in [2.05, 4.69) is 0 Å². The number of anilines is 1. The second-order valence-corrected chi connectivity index (χ2v) is 4.93. The Balaban J connectivity index is 1.70. The summed E-state index contributed by atoms with van der Waals surface area (Å²) in [5.74, 6) is 2.53. The predicted octanol–water partition coefficient (Wildman–Crippen LogP) is 3.82. The van der Waals surface area contributed by atoms with Crippen LogP contribution < -0.4 is 19.9 Å². The zero-order chi connectivity index (χ0) is 15.8. The Bertz CT molecular complexity index is 581. The van der Waals surface area contributed by atoms with Gasteiger partial charge in [0, 0.05) is 17.7 Å². The molecule has 0 aliphatic carbocycles. The van der Waals surface area contributed by atoms with Crippen molar-refractivity contribution in [3.8, 4) is 17.2 Å². The van der Waals surface area contributed by atoms with Gasteiger partial charge in [0.25, 0.3) is 0 Å². The van der Waals surface area contributed by atoms with Crippen LogP contribution >= 0.6 is 0 Å². The van der Waals surface area contributed by atoms with Crippen molar-refractivity contribution in [2.24, 2.45) is 0 Å². The summed E-state index contributed by atoms with van der Waals surface area (Å²) in [5.41, 5.74) is 7.58. The summed E-state index contributed by atoms with van der Waals surface area (Å²) in [6.45, 7) is 5.80. The van der Waals surface area contributed by atoms with E-state index in [0.717, 1.165) is 34.9 Å². The third kappa shape index (κ3) is 4.58. The molecule has 0 amide bonds. The summed E-state index contributed by atoms with van der Waals surface area (Å²) < 4.78 is 16.8. The molecule has 0 unspecified atom stereocenters. The highest BCUT2D eigenvalue weighted by Crippen LogP contribution is 2.23. The van der Waals surface area contributed by atoms with Gasteiger partial charge in [0.05, 0.1) is 19.8 Å². The van der Waals surface area contributed by atoms with Gasteiger partial charge in [-0.25, -0.2) is 0 Å². The molecular formula is C18H23NO3. The van der Waals surface area contributed by atoms with Gasteiger partial charge in [-0.3, -0.25) is 0 Å². The molecule has 0 saturated heterocycles. The largest absolute Gasteiger partial charge is 0.494 e. The van der Waals surface area contributed by atoms with Crippen LogP contribution in [0, 0.1) is 6.92 Å². The zero-order valence-electron chi connectivity index (χ0n) is 13.2. The lowest BCUT2D eigenvalue weighted by molar-refractivity contribution is 0.246. The number of hydrogen-bond donors (Lipinski definition) is 1. The standard InChI is InChI=1S/C18H23NO3/c1-3-20-15-8-10-16(11-9-15)21-12-5-13-22-18-7-4-6-17(19)14(18)2/h4,6-11H,3,5,12-13,19H2,1-2H3. The minimum absolute atomic E-state index is 0.599. The van der Waals surface area contributed by atoms with Crippen LogP contribution in [0.5, 0.6) is 17.2 Å². The van der Waals surface area contributed by atoms with E-state index in [1.54, 1.807) is 0 Å². The van der Waals surface area contributed by atoms with Crippen LogP contribution in [0.15, 0.2) is 42.5 Å². The molecule has 0 heterocycles. The number of rotatable bonds is 8. The number of nitrogens with two attached hydrogens (primary N) is 1. The molecule has 0 fully saturated rings. The Morgan fingerprint density at radius 3 is 2.18 bits per heavy atom. The number of benzene rings is 2. The quantitative estimate of drug-likeness (QED) is 0.595. The zero-order valence-corrected chi connectivity index (χ0v) is 13.2. The molecule has 0 aromatic heterocycles. The second-order valence-electron chi connectivity index (χ2n) is 4.93. The molecule has 4 heteroatoms. The lowest BCUT2D eigenvalue weighted by Gasteiger charge is -2.11. The fourth-order valence-electron chi connectivity index (χ4n) is 2.02. The first-order valence-electron chi connectivity index (χ1n) is 7.54. The summed E-state index contributed by atoms with van der Waals surface area (Å²) in [7, 11) is 0. The topological polar surface area (TPSA) is 53.7 Å². The van der Waals surface area contributed by atoms with Crippen molar-refractivity contribution in [2.45, 2.75) is 20.3 Å². The van der Waals surface area contributed by atoms with Crippen LogP contribution in [-0.4, -0.2) is 19.8 Å². The maximum Gasteiger partial charge on any atom is 0.124 e. The van der Waals surface area contributed by atoms with Gasteiger partial charge in [-0.1, -0.05) is 6.07 Å². The Hall–Kier alpha value is -2.36. The van der Waals surface area contributed by atoms with Crippen LogP contribution in [0.4, 0.5) is 5.69 Å². The SMILES string of the molecule is CCOc1ccc(OCCCOc2cccc(N)c2C)cc1. The van der Waals surface area contributed by atoms with Gasteiger partial charge in [-0.05, 0) is 50.2 Å². The monoisotopic (exact) mass is 301 g/mol. The minimum atomic E-state index is 0.599. The van der Waals surface area contributed by atoms with Gasteiger partial charge in [-0.2, -0.15) is 0 Å². The molecule has 2 aromatic rings. The molecule has 0 bridgehead atoms.